The van der Waals surface area contributed by atoms with Crippen LogP contribution < -0.4 is 10.1 Å². The predicted molar refractivity (Wildman–Crippen MR) is 262 cm³/mol. The van der Waals surface area contributed by atoms with Crippen LogP contribution in [0.4, 0.5) is 61.9 Å². The lowest BCUT2D eigenvalue weighted by Crippen LogP contribution is -2.63. The maximum absolute atomic E-state index is 15.4. The Morgan fingerprint density at radius 1 is 0.453 bits per heavy atom. The largest absolute Gasteiger partial charge is 0.459 e. The molecular formula is C58H34F13NO14. The molecule has 7 aromatic rings. The van der Waals surface area contributed by atoms with Crippen molar-refractivity contribution < 1.29 is 124 Å². The van der Waals surface area contributed by atoms with E-state index in [4.69, 9.17) is 33.2 Å². The number of fused-ring (bicyclic) bond motifs is 3. The van der Waals surface area contributed by atoms with Crippen LogP contribution >= 0.6 is 0 Å². The molecular weight excluding hydrogens is 1180 g/mol. The molecule has 7 aromatic carbocycles. The molecule has 15 nitrogen and oxygen atoms in total. The first-order valence-corrected chi connectivity index (χ1v) is 24.7. The van der Waals surface area contributed by atoms with Gasteiger partial charge < -0.3 is 43.2 Å². The summed E-state index contributed by atoms with van der Waals surface area (Å²) in [6, 6.07) is 15.7. The van der Waals surface area contributed by atoms with Gasteiger partial charge in [-0.2, -0.15) is 8.78 Å². The highest BCUT2D eigenvalue weighted by atomic mass is 19.2. The molecule has 0 aromatic heterocycles. The van der Waals surface area contributed by atoms with E-state index >= 15 is 22.0 Å². The summed E-state index contributed by atoms with van der Waals surface area (Å²) in [6.07, 6.45) is -15.4. The van der Waals surface area contributed by atoms with Crippen molar-refractivity contribution in [3.63, 3.8) is 0 Å². The number of hydrogen-bond donors (Lipinski definition) is 1. The van der Waals surface area contributed by atoms with E-state index in [1.165, 1.54) is 0 Å². The van der Waals surface area contributed by atoms with Crippen molar-refractivity contribution in [3.05, 3.63) is 230 Å². The number of rotatable bonds is 17. The molecule has 446 valence electrons. The molecule has 28 heteroatoms. The van der Waals surface area contributed by atoms with Crippen molar-refractivity contribution in [2.24, 2.45) is 0 Å². The van der Waals surface area contributed by atoms with Crippen molar-refractivity contribution in [2.75, 3.05) is 19.8 Å². The number of amides is 1. The molecule has 0 unspecified atom stereocenters. The van der Waals surface area contributed by atoms with Gasteiger partial charge in [0, 0.05) is 5.92 Å². The summed E-state index contributed by atoms with van der Waals surface area (Å²) in [4.78, 5) is 83.2. The van der Waals surface area contributed by atoms with Gasteiger partial charge in [0.15, 0.2) is 30.6 Å². The number of benzene rings is 7. The van der Waals surface area contributed by atoms with Gasteiger partial charge in [0.25, 0.3) is 0 Å². The SMILES string of the molecule is O=C(N[C@@H](CO[C@@H]1O[C@H](COC(=O)c2cc(F)ccc2F)[C@@H](OC(=O)c2cc(F)ccc2F)[C@H](OC(=O)c2cc(F)ccc2F)[C@H]1OC(=O)c1cc(F)ccc1F)C(=O)Oc1c(F)c(F)c(F)c(F)c1F)OCC1c2ccccc2-c2ccccc21. The standard InChI is InChI=1S/C58H34F13NO14/c59-24-9-13-37(63)32(17-24)52(73)79-23-42-48(83-53(74)33-18-25(60)10-14-38(33)64)50(85-54(75)34-19-26(61)11-15-39(34)65)51(86-55(76)35-20-27(62)12-16-40(35)66)57(82-42)80-22-41(56(77)84-49-46(70)44(68)43(67)45(69)47(49)71)72-58(78)81-21-36-30-7-3-1-5-28(30)29-6-2-4-8-31(29)36/h1-20,36,41-42,48,50-51,57H,21-23H2,(H,72,78)/t41-,42+,48+,50-,51+,57+/m0/s1. The molecule has 9 rings (SSSR count). The summed E-state index contributed by atoms with van der Waals surface area (Å²) in [5.41, 5.74) is -2.40. The molecule has 6 atom stereocenters. The zero-order valence-corrected chi connectivity index (χ0v) is 42.8. The second-order valence-corrected chi connectivity index (χ2v) is 18.4. The lowest BCUT2D eigenvalue weighted by atomic mass is 9.97. The lowest BCUT2D eigenvalue weighted by Gasteiger charge is -2.44. The van der Waals surface area contributed by atoms with Crippen LogP contribution in [0.1, 0.15) is 58.5 Å². The third-order valence-corrected chi connectivity index (χ3v) is 13.0. The molecule has 1 N–H and O–H groups in total. The Labute approximate surface area is 473 Å². The third-order valence-electron chi connectivity index (χ3n) is 13.0. The number of halogens is 13. The second kappa shape index (κ2) is 25.6. The maximum Gasteiger partial charge on any atom is 0.407 e. The van der Waals surface area contributed by atoms with Crippen molar-refractivity contribution in [2.45, 2.75) is 42.7 Å². The third kappa shape index (κ3) is 12.9. The Bertz CT molecular complexity index is 3780. The molecule has 1 heterocycles. The van der Waals surface area contributed by atoms with Crippen LogP contribution in [0.25, 0.3) is 11.1 Å². The molecule has 0 saturated carbocycles. The first kappa shape index (κ1) is 60.8. The van der Waals surface area contributed by atoms with E-state index in [2.05, 4.69) is 4.74 Å². The van der Waals surface area contributed by atoms with Gasteiger partial charge in [0.1, 0.15) is 65.9 Å². The molecule has 1 fully saturated rings. The first-order chi connectivity index (χ1) is 41.0. The van der Waals surface area contributed by atoms with E-state index in [-0.39, 0.29) is 18.2 Å². The van der Waals surface area contributed by atoms with Crippen molar-refractivity contribution in [1.82, 2.24) is 5.32 Å². The summed E-state index contributed by atoms with van der Waals surface area (Å²) < 4.78 is 235. The number of ether oxygens (including phenoxy) is 8. The van der Waals surface area contributed by atoms with Crippen LogP contribution in [0.15, 0.2) is 121 Å². The lowest BCUT2D eigenvalue weighted by molar-refractivity contribution is -0.299. The van der Waals surface area contributed by atoms with Crippen LogP contribution in [0.2, 0.25) is 0 Å². The zero-order chi connectivity index (χ0) is 61.8. The van der Waals surface area contributed by atoms with E-state index in [9.17, 15) is 63.9 Å². The molecule has 1 aliphatic carbocycles. The van der Waals surface area contributed by atoms with Gasteiger partial charge in [-0.05, 0) is 95.1 Å². The maximum atomic E-state index is 15.4. The Hall–Kier alpha value is -9.83. The Morgan fingerprint density at radius 3 is 1.33 bits per heavy atom. The molecule has 0 spiro atoms. The first-order valence-electron chi connectivity index (χ1n) is 24.7. The van der Waals surface area contributed by atoms with E-state index < -0.39 is 202 Å². The highest BCUT2D eigenvalue weighted by Crippen LogP contribution is 2.45. The quantitative estimate of drug-likeness (QED) is 0.0226. The minimum absolute atomic E-state index is 0.222. The normalized spacial score (nSPS) is 17.3. The van der Waals surface area contributed by atoms with Crippen LogP contribution in [-0.4, -0.2) is 92.5 Å². The fraction of sp³-hybridized carbons (Fsp3) is 0.172. The van der Waals surface area contributed by atoms with Gasteiger partial charge in [0.2, 0.25) is 34.8 Å². The van der Waals surface area contributed by atoms with Crippen LogP contribution in [0, 0.1) is 75.6 Å². The van der Waals surface area contributed by atoms with Crippen molar-refractivity contribution in [1.29, 1.82) is 0 Å². The van der Waals surface area contributed by atoms with Gasteiger partial charge in [-0.1, -0.05) is 48.5 Å². The number of alkyl carbamates (subject to hydrolysis) is 1. The number of carbonyl (C=O) groups excluding carboxylic acids is 6. The Balaban J connectivity index is 1.14. The summed E-state index contributed by atoms with van der Waals surface area (Å²) in [6.45, 7) is -3.76. The molecule has 0 bridgehead atoms. The Kier molecular flexibility index (Phi) is 18.1. The van der Waals surface area contributed by atoms with Gasteiger partial charge in [-0.15, -0.1) is 0 Å². The highest BCUT2D eigenvalue weighted by molar-refractivity contribution is 5.92. The van der Waals surface area contributed by atoms with E-state index in [0.29, 0.717) is 65.7 Å². The molecule has 1 saturated heterocycles. The number of hydrogen-bond acceptors (Lipinski definition) is 14. The van der Waals surface area contributed by atoms with Crippen LogP contribution in [0.5, 0.6) is 5.75 Å². The van der Waals surface area contributed by atoms with E-state index in [1.54, 1.807) is 48.5 Å². The predicted octanol–water partition coefficient (Wildman–Crippen LogP) is 10.6. The summed E-state index contributed by atoms with van der Waals surface area (Å²) in [5, 5.41) is 1.89. The molecule has 86 heavy (non-hydrogen) atoms. The fourth-order valence-electron chi connectivity index (χ4n) is 8.95. The second-order valence-electron chi connectivity index (χ2n) is 18.4. The van der Waals surface area contributed by atoms with Crippen molar-refractivity contribution >= 4 is 35.9 Å². The van der Waals surface area contributed by atoms with Gasteiger partial charge in [-0.25, -0.2) is 77.1 Å². The Morgan fingerprint density at radius 2 is 0.860 bits per heavy atom. The van der Waals surface area contributed by atoms with Crippen molar-refractivity contribution in [3.8, 4) is 16.9 Å². The summed E-state index contributed by atoms with van der Waals surface area (Å²) >= 11 is 0. The average molecular weight is 1220 g/mol. The van der Waals surface area contributed by atoms with E-state index in [1.807, 2.05) is 5.32 Å². The smallest absolute Gasteiger partial charge is 0.407 e. The van der Waals surface area contributed by atoms with E-state index in [0.717, 1.165) is 11.1 Å². The monoisotopic (exact) mass is 1220 g/mol. The fourth-order valence-corrected chi connectivity index (χ4v) is 8.95. The molecule has 1 aliphatic heterocycles. The average Bonchev–Trinajstić information content (AvgIpc) is 1.48. The van der Waals surface area contributed by atoms with Crippen LogP contribution in [0.3, 0.4) is 0 Å². The summed E-state index contributed by atoms with van der Waals surface area (Å²) in [7, 11) is 0. The minimum atomic E-state index is -2.87. The molecule has 0 radical (unpaired) electrons. The summed E-state index contributed by atoms with van der Waals surface area (Å²) in [5.74, 6) is -37.7. The number of carbonyl (C=O) groups is 6. The zero-order valence-electron chi connectivity index (χ0n) is 42.8. The van der Waals surface area contributed by atoms with Gasteiger partial charge in [0.05, 0.1) is 28.9 Å². The van der Waals surface area contributed by atoms with Crippen LogP contribution in [-0.2, 0) is 38.0 Å². The number of esters is 5. The topological polar surface area (TPSA) is 188 Å². The van der Waals surface area contributed by atoms with Gasteiger partial charge >= 0.3 is 35.9 Å². The highest BCUT2D eigenvalue weighted by Gasteiger charge is 2.54. The van der Waals surface area contributed by atoms with Gasteiger partial charge in [-0.3, -0.25) is 0 Å². The minimum Gasteiger partial charge on any atom is -0.459 e. The molecule has 1 amide bonds. The molecule has 2 aliphatic rings. The number of nitrogens with one attached hydrogen (secondary N) is 1.